The minimum absolute atomic E-state index is 0.0281. The quantitative estimate of drug-likeness (QED) is 0.895. The lowest BCUT2D eigenvalue weighted by Gasteiger charge is -2.10. The number of halogens is 1. The molecule has 98 valence electrons. The number of anilines is 1. The highest BCUT2D eigenvalue weighted by molar-refractivity contribution is 6.31. The second kappa shape index (κ2) is 5.89. The molecule has 0 atom stereocenters. The van der Waals surface area contributed by atoms with Crippen LogP contribution >= 0.6 is 11.6 Å². The average Bonchev–Trinajstić information content (AvgIpc) is 2.37. The van der Waals surface area contributed by atoms with Crippen LogP contribution < -0.4 is 5.32 Å². The molecule has 0 aliphatic carbocycles. The van der Waals surface area contributed by atoms with Crippen molar-refractivity contribution < 1.29 is 4.79 Å². The number of rotatable bonds is 3. The predicted molar refractivity (Wildman–Crippen MR) is 79.7 cm³/mol. The van der Waals surface area contributed by atoms with Gasteiger partial charge < -0.3 is 5.32 Å². The SMILES string of the molecule is Cc1ccccc1CC(=O)Nc1cc(Cl)ccc1C. The Balaban J connectivity index is 2.10. The van der Waals surface area contributed by atoms with Crippen molar-refractivity contribution in [3.63, 3.8) is 0 Å². The zero-order valence-electron chi connectivity index (χ0n) is 11.0. The molecule has 0 radical (unpaired) electrons. The maximum Gasteiger partial charge on any atom is 0.228 e. The minimum atomic E-state index is -0.0281. The van der Waals surface area contributed by atoms with Crippen molar-refractivity contribution >= 4 is 23.2 Å². The summed E-state index contributed by atoms with van der Waals surface area (Å²) in [6.07, 6.45) is 0.374. The van der Waals surface area contributed by atoms with Gasteiger partial charge in [-0.3, -0.25) is 4.79 Å². The molecule has 0 saturated heterocycles. The van der Waals surface area contributed by atoms with Crippen molar-refractivity contribution in [2.24, 2.45) is 0 Å². The number of carbonyl (C=O) groups excluding carboxylic acids is 1. The predicted octanol–water partition coefficient (Wildman–Crippen LogP) is 4.14. The monoisotopic (exact) mass is 273 g/mol. The molecule has 1 amide bonds. The van der Waals surface area contributed by atoms with Gasteiger partial charge >= 0.3 is 0 Å². The van der Waals surface area contributed by atoms with Crippen LogP contribution in [0.5, 0.6) is 0 Å². The van der Waals surface area contributed by atoms with Crippen LogP contribution in [-0.4, -0.2) is 5.91 Å². The summed E-state index contributed by atoms with van der Waals surface area (Å²) in [6, 6.07) is 13.4. The molecule has 0 heterocycles. The number of hydrogen-bond acceptors (Lipinski definition) is 1. The van der Waals surface area contributed by atoms with Crippen molar-refractivity contribution in [3.05, 3.63) is 64.2 Å². The van der Waals surface area contributed by atoms with Gasteiger partial charge in [0.15, 0.2) is 0 Å². The number of aryl methyl sites for hydroxylation is 2. The van der Waals surface area contributed by atoms with Gasteiger partial charge in [-0.15, -0.1) is 0 Å². The maximum atomic E-state index is 12.0. The van der Waals surface area contributed by atoms with Gasteiger partial charge in [0.2, 0.25) is 5.91 Å². The van der Waals surface area contributed by atoms with Crippen molar-refractivity contribution in [2.75, 3.05) is 5.32 Å². The zero-order valence-corrected chi connectivity index (χ0v) is 11.8. The smallest absolute Gasteiger partial charge is 0.228 e. The van der Waals surface area contributed by atoms with Crippen LogP contribution in [-0.2, 0) is 11.2 Å². The van der Waals surface area contributed by atoms with Crippen LogP contribution in [0, 0.1) is 13.8 Å². The van der Waals surface area contributed by atoms with E-state index in [9.17, 15) is 4.79 Å². The Morgan fingerprint density at radius 3 is 2.58 bits per heavy atom. The Hall–Kier alpha value is -1.80. The first-order valence-electron chi connectivity index (χ1n) is 6.17. The molecule has 2 aromatic rings. The Labute approximate surface area is 118 Å². The van der Waals surface area contributed by atoms with E-state index < -0.39 is 0 Å². The molecule has 1 N–H and O–H groups in total. The summed E-state index contributed by atoms with van der Waals surface area (Å²) in [5.74, 6) is -0.0281. The minimum Gasteiger partial charge on any atom is -0.326 e. The van der Waals surface area contributed by atoms with Gasteiger partial charge in [0.1, 0.15) is 0 Å². The van der Waals surface area contributed by atoms with Crippen LogP contribution in [0.15, 0.2) is 42.5 Å². The molecule has 2 aromatic carbocycles. The van der Waals surface area contributed by atoms with E-state index in [2.05, 4.69) is 5.32 Å². The Morgan fingerprint density at radius 1 is 1.11 bits per heavy atom. The molecule has 0 aliphatic rings. The highest BCUT2D eigenvalue weighted by Gasteiger charge is 2.08. The zero-order chi connectivity index (χ0) is 13.8. The number of carbonyl (C=O) groups is 1. The molecule has 0 spiro atoms. The van der Waals surface area contributed by atoms with Crippen LogP contribution in [0.1, 0.15) is 16.7 Å². The lowest BCUT2D eigenvalue weighted by Crippen LogP contribution is -2.15. The Bertz CT molecular complexity index is 607. The molecule has 0 aliphatic heterocycles. The highest BCUT2D eigenvalue weighted by atomic mass is 35.5. The fourth-order valence-corrected chi connectivity index (χ4v) is 2.08. The standard InChI is InChI=1S/C16H16ClNO/c1-11-5-3-4-6-13(11)9-16(19)18-15-10-14(17)8-7-12(15)2/h3-8,10H,9H2,1-2H3,(H,18,19). The molecule has 0 saturated carbocycles. The van der Waals surface area contributed by atoms with Gasteiger partial charge in [-0.05, 0) is 42.7 Å². The van der Waals surface area contributed by atoms with E-state index in [1.807, 2.05) is 50.2 Å². The number of benzene rings is 2. The number of nitrogens with one attached hydrogen (secondary N) is 1. The van der Waals surface area contributed by atoms with E-state index in [0.29, 0.717) is 11.4 Å². The third-order valence-electron chi connectivity index (χ3n) is 3.09. The molecule has 0 bridgehead atoms. The van der Waals surface area contributed by atoms with Gasteiger partial charge in [0.05, 0.1) is 6.42 Å². The first-order chi connectivity index (χ1) is 9.06. The Morgan fingerprint density at radius 2 is 1.84 bits per heavy atom. The summed E-state index contributed by atoms with van der Waals surface area (Å²) < 4.78 is 0. The van der Waals surface area contributed by atoms with Gasteiger partial charge in [0.25, 0.3) is 0 Å². The third-order valence-corrected chi connectivity index (χ3v) is 3.32. The van der Waals surface area contributed by atoms with Crippen LogP contribution in [0.25, 0.3) is 0 Å². The highest BCUT2D eigenvalue weighted by Crippen LogP contribution is 2.20. The summed E-state index contributed by atoms with van der Waals surface area (Å²) in [7, 11) is 0. The molecule has 0 fully saturated rings. The molecule has 19 heavy (non-hydrogen) atoms. The topological polar surface area (TPSA) is 29.1 Å². The number of amides is 1. The maximum absolute atomic E-state index is 12.0. The van der Waals surface area contributed by atoms with E-state index >= 15 is 0 Å². The van der Waals surface area contributed by atoms with Gasteiger partial charge in [0, 0.05) is 10.7 Å². The van der Waals surface area contributed by atoms with Gasteiger partial charge in [-0.25, -0.2) is 0 Å². The molecular formula is C16H16ClNO. The summed E-state index contributed by atoms with van der Waals surface area (Å²) in [6.45, 7) is 3.95. The van der Waals surface area contributed by atoms with E-state index in [1.54, 1.807) is 6.07 Å². The van der Waals surface area contributed by atoms with E-state index in [4.69, 9.17) is 11.6 Å². The molecular weight excluding hydrogens is 258 g/mol. The summed E-state index contributed by atoms with van der Waals surface area (Å²) in [5, 5.41) is 3.53. The fraction of sp³-hybridized carbons (Fsp3) is 0.188. The van der Waals surface area contributed by atoms with Crippen LogP contribution in [0.4, 0.5) is 5.69 Å². The molecule has 0 unspecified atom stereocenters. The second-order valence-corrected chi connectivity index (χ2v) is 5.05. The van der Waals surface area contributed by atoms with Crippen LogP contribution in [0.2, 0.25) is 5.02 Å². The fourth-order valence-electron chi connectivity index (χ4n) is 1.90. The molecule has 2 nitrogen and oxygen atoms in total. The molecule has 0 aromatic heterocycles. The van der Waals surface area contributed by atoms with E-state index in [-0.39, 0.29) is 5.91 Å². The average molecular weight is 274 g/mol. The van der Waals surface area contributed by atoms with Crippen molar-refractivity contribution in [1.82, 2.24) is 0 Å². The normalized spacial score (nSPS) is 10.3. The second-order valence-electron chi connectivity index (χ2n) is 4.61. The van der Waals surface area contributed by atoms with E-state index in [0.717, 1.165) is 22.4 Å². The van der Waals surface area contributed by atoms with Crippen molar-refractivity contribution in [1.29, 1.82) is 0 Å². The largest absolute Gasteiger partial charge is 0.326 e. The lowest BCUT2D eigenvalue weighted by molar-refractivity contribution is -0.115. The lowest BCUT2D eigenvalue weighted by atomic mass is 10.1. The van der Waals surface area contributed by atoms with Crippen molar-refractivity contribution in [3.8, 4) is 0 Å². The number of hydrogen-bond donors (Lipinski definition) is 1. The third kappa shape index (κ3) is 3.58. The van der Waals surface area contributed by atoms with Crippen molar-refractivity contribution in [2.45, 2.75) is 20.3 Å². The molecule has 2 rings (SSSR count). The first kappa shape index (κ1) is 13.6. The van der Waals surface area contributed by atoms with E-state index in [1.165, 1.54) is 0 Å². The summed E-state index contributed by atoms with van der Waals surface area (Å²) in [4.78, 5) is 12.0. The van der Waals surface area contributed by atoms with Gasteiger partial charge in [-0.2, -0.15) is 0 Å². The molecule has 3 heteroatoms. The van der Waals surface area contributed by atoms with Gasteiger partial charge in [-0.1, -0.05) is 41.9 Å². The van der Waals surface area contributed by atoms with Crippen LogP contribution in [0.3, 0.4) is 0 Å². The summed E-state index contributed by atoms with van der Waals surface area (Å²) in [5.41, 5.74) is 3.94. The first-order valence-corrected chi connectivity index (χ1v) is 6.54. The Kier molecular flexibility index (Phi) is 4.23. The summed E-state index contributed by atoms with van der Waals surface area (Å²) >= 11 is 5.93.